The van der Waals surface area contributed by atoms with Gasteiger partial charge in [-0.2, -0.15) is 0 Å². The molecule has 0 aliphatic carbocycles. The number of hydrogen-bond donors (Lipinski definition) is 0. The van der Waals surface area contributed by atoms with Crippen molar-refractivity contribution in [2.45, 2.75) is 0 Å². The molecule has 0 bridgehead atoms. The van der Waals surface area contributed by atoms with Gasteiger partial charge in [-0.25, -0.2) is 0 Å². The van der Waals surface area contributed by atoms with Gasteiger partial charge in [-0.05, 0) is 29.8 Å². The number of benzene rings is 2. The summed E-state index contributed by atoms with van der Waals surface area (Å²) in [4.78, 5) is 6.02. The average Bonchev–Trinajstić information content (AvgIpc) is 3.13. The van der Waals surface area contributed by atoms with Crippen LogP contribution >= 0.6 is 0 Å². The summed E-state index contributed by atoms with van der Waals surface area (Å²) in [6.45, 7) is 0.600. The van der Waals surface area contributed by atoms with Crippen LogP contribution in [-0.4, -0.2) is 54.2 Å². The van der Waals surface area contributed by atoms with Crippen LogP contribution in [0, 0.1) is 0 Å². The van der Waals surface area contributed by atoms with Crippen LogP contribution in [0.3, 0.4) is 0 Å². The van der Waals surface area contributed by atoms with Crippen LogP contribution in [-0.2, 0) is 4.84 Å². The van der Waals surface area contributed by atoms with E-state index in [2.05, 4.69) is 0 Å². The first kappa shape index (κ1) is 19.7. The second-order valence-electron chi connectivity index (χ2n) is 6.14. The van der Waals surface area contributed by atoms with Crippen molar-refractivity contribution in [2.24, 2.45) is 0 Å². The minimum Gasteiger partial charge on any atom is -0.493 e. The normalized spacial score (nSPS) is 13.9. The average molecular weight is 387 g/mol. The van der Waals surface area contributed by atoms with E-state index in [1.807, 2.05) is 37.4 Å². The van der Waals surface area contributed by atoms with E-state index in [1.165, 1.54) is 0 Å². The molecule has 1 aliphatic rings. The van der Waals surface area contributed by atoms with Crippen molar-refractivity contribution in [3.8, 4) is 28.7 Å². The highest BCUT2D eigenvalue weighted by atomic mass is 16.7. The van der Waals surface area contributed by atoms with Gasteiger partial charge in [0.05, 0.1) is 47.7 Å². The number of nitrogens with zero attached hydrogens (tertiary/aromatic N) is 1. The van der Waals surface area contributed by atoms with E-state index in [1.54, 1.807) is 40.6 Å². The highest BCUT2D eigenvalue weighted by Crippen LogP contribution is 2.46. The number of methoxy groups -OCH3 is 5. The molecule has 0 aromatic heterocycles. The largest absolute Gasteiger partial charge is 0.493 e. The van der Waals surface area contributed by atoms with E-state index in [-0.39, 0.29) is 0 Å². The van der Waals surface area contributed by atoms with E-state index >= 15 is 0 Å². The molecule has 0 saturated heterocycles. The number of likely N-dealkylation sites (N-methyl/N-ethyl adjacent to an activating group) is 1. The lowest BCUT2D eigenvalue weighted by atomic mass is 10.00. The predicted molar refractivity (Wildman–Crippen MR) is 106 cm³/mol. The van der Waals surface area contributed by atoms with Crippen molar-refractivity contribution in [2.75, 3.05) is 49.1 Å². The second kappa shape index (κ2) is 8.31. The Balaban J connectivity index is 2.19. The smallest absolute Gasteiger partial charge is 0.204 e. The van der Waals surface area contributed by atoms with E-state index < -0.39 is 0 Å². The van der Waals surface area contributed by atoms with Crippen LogP contribution in [0.1, 0.15) is 11.1 Å². The molecule has 7 heteroatoms. The summed E-state index contributed by atoms with van der Waals surface area (Å²) in [5, 5.41) is 1.76. The first-order valence-corrected chi connectivity index (χ1v) is 8.71. The molecule has 2 aromatic rings. The number of rotatable bonds is 7. The van der Waals surface area contributed by atoms with E-state index in [9.17, 15) is 0 Å². The number of ether oxygens (including phenoxy) is 5. The summed E-state index contributed by atoms with van der Waals surface area (Å²) in [5.41, 5.74) is 2.73. The zero-order chi connectivity index (χ0) is 20.3. The Hall–Kier alpha value is -3.06. The Labute approximate surface area is 164 Å². The Morgan fingerprint density at radius 3 is 2.00 bits per heavy atom. The molecular weight excluding hydrogens is 362 g/mol. The van der Waals surface area contributed by atoms with Crippen LogP contribution < -0.4 is 23.7 Å². The molecule has 0 unspecified atom stereocenters. The second-order valence-corrected chi connectivity index (χ2v) is 6.14. The first-order chi connectivity index (χ1) is 13.6. The van der Waals surface area contributed by atoms with Gasteiger partial charge in [0.25, 0.3) is 0 Å². The fraction of sp³-hybridized carbons (Fsp3) is 0.333. The topological polar surface area (TPSA) is 58.6 Å². The molecule has 0 N–H and O–H groups in total. The molecule has 0 atom stereocenters. The van der Waals surface area contributed by atoms with Gasteiger partial charge in [0.2, 0.25) is 5.75 Å². The van der Waals surface area contributed by atoms with Gasteiger partial charge in [0.1, 0.15) is 0 Å². The highest BCUT2D eigenvalue weighted by Gasteiger charge is 2.29. The van der Waals surface area contributed by atoms with Crippen molar-refractivity contribution in [3.05, 3.63) is 41.5 Å². The molecular formula is C21H25NO6. The Bertz CT molecular complexity index is 893. The summed E-state index contributed by atoms with van der Waals surface area (Å²) >= 11 is 0. The van der Waals surface area contributed by atoms with Crippen LogP contribution in [0.25, 0.3) is 11.3 Å². The van der Waals surface area contributed by atoms with Crippen molar-refractivity contribution in [1.29, 1.82) is 0 Å². The van der Waals surface area contributed by atoms with Crippen molar-refractivity contribution >= 4 is 11.3 Å². The molecule has 1 aliphatic heterocycles. The molecule has 0 fully saturated rings. The van der Waals surface area contributed by atoms with Crippen LogP contribution in [0.15, 0.2) is 30.3 Å². The molecule has 7 nitrogen and oxygen atoms in total. The fourth-order valence-corrected chi connectivity index (χ4v) is 3.28. The van der Waals surface area contributed by atoms with Gasteiger partial charge in [-0.3, -0.25) is 0 Å². The maximum atomic E-state index is 6.02. The molecule has 3 rings (SSSR count). The fourth-order valence-electron chi connectivity index (χ4n) is 3.28. The zero-order valence-corrected chi connectivity index (χ0v) is 17.0. The monoisotopic (exact) mass is 387 g/mol. The summed E-state index contributed by atoms with van der Waals surface area (Å²) in [7, 11) is 9.87. The minimum atomic E-state index is 0.514. The third-order valence-corrected chi connectivity index (χ3v) is 4.58. The lowest BCUT2D eigenvalue weighted by Gasteiger charge is -2.17. The SMILES string of the molecule is COc1ccc(C2=C(c3ccc(OC)c(OC)c3OC)ON(C)C2)cc1OC. The minimum absolute atomic E-state index is 0.514. The molecule has 28 heavy (non-hydrogen) atoms. The molecule has 150 valence electrons. The van der Waals surface area contributed by atoms with Crippen molar-refractivity contribution < 1.29 is 28.5 Å². The van der Waals surface area contributed by atoms with Gasteiger partial charge in [-0.15, -0.1) is 5.06 Å². The maximum absolute atomic E-state index is 6.02. The molecule has 0 radical (unpaired) electrons. The van der Waals surface area contributed by atoms with Gasteiger partial charge in [0, 0.05) is 12.6 Å². The third kappa shape index (κ3) is 3.41. The molecule has 2 aromatic carbocycles. The lowest BCUT2D eigenvalue weighted by Crippen LogP contribution is -2.12. The van der Waals surface area contributed by atoms with E-state index in [0.29, 0.717) is 41.1 Å². The van der Waals surface area contributed by atoms with E-state index in [0.717, 1.165) is 16.7 Å². The molecule has 0 saturated carbocycles. The molecule has 0 amide bonds. The first-order valence-electron chi connectivity index (χ1n) is 8.71. The number of hydrogen-bond acceptors (Lipinski definition) is 7. The maximum Gasteiger partial charge on any atom is 0.204 e. The standard InChI is InChI=1S/C21H25NO6/c1-22-12-15(13-7-9-16(23-2)18(11-13)25-4)19(28-22)14-8-10-17(24-3)21(27-6)20(14)26-5/h7-11H,12H2,1-6H3. The van der Waals surface area contributed by atoms with Crippen LogP contribution in [0.4, 0.5) is 0 Å². The van der Waals surface area contributed by atoms with Crippen molar-refractivity contribution in [3.63, 3.8) is 0 Å². The van der Waals surface area contributed by atoms with Gasteiger partial charge in [0.15, 0.2) is 28.8 Å². The summed E-state index contributed by atoms with van der Waals surface area (Å²) in [5.74, 6) is 3.66. The molecule has 1 heterocycles. The van der Waals surface area contributed by atoms with Crippen molar-refractivity contribution in [1.82, 2.24) is 5.06 Å². The Morgan fingerprint density at radius 1 is 0.750 bits per heavy atom. The van der Waals surface area contributed by atoms with Gasteiger partial charge < -0.3 is 28.5 Å². The summed E-state index contributed by atoms with van der Waals surface area (Å²) < 4.78 is 27.3. The van der Waals surface area contributed by atoms with Gasteiger partial charge in [-0.1, -0.05) is 6.07 Å². The van der Waals surface area contributed by atoms with E-state index in [4.69, 9.17) is 28.5 Å². The van der Waals surface area contributed by atoms with Crippen LogP contribution in [0.2, 0.25) is 0 Å². The number of hydroxylamine groups is 2. The predicted octanol–water partition coefficient (Wildman–Crippen LogP) is 3.47. The quantitative estimate of drug-likeness (QED) is 0.721. The third-order valence-electron chi connectivity index (χ3n) is 4.58. The Morgan fingerprint density at radius 2 is 1.39 bits per heavy atom. The lowest BCUT2D eigenvalue weighted by molar-refractivity contribution is -0.0337. The summed E-state index contributed by atoms with van der Waals surface area (Å²) in [6, 6.07) is 9.52. The zero-order valence-electron chi connectivity index (χ0n) is 17.0. The molecule has 0 spiro atoms. The summed E-state index contributed by atoms with van der Waals surface area (Å²) in [6.07, 6.45) is 0. The Kier molecular flexibility index (Phi) is 5.84. The van der Waals surface area contributed by atoms with Gasteiger partial charge >= 0.3 is 0 Å². The van der Waals surface area contributed by atoms with Crippen LogP contribution in [0.5, 0.6) is 28.7 Å². The highest BCUT2D eigenvalue weighted by molar-refractivity contribution is 5.92.